The maximum Gasteiger partial charge on any atom is 0.132 e. The van der Waals surface area contributed by atoms with E-state index in [-0.39, 0.29) is 0 Å². The van der Waals surface area contributed by atoms with Crippen molar-refractivity contribution in [1.82, 2.24) is 0 Å². The highest BCUT2D eigenvalue weighted by molar-refractivity contribution is 5.78. The number of ketones is 1. The van der Waals surface area contributed by atoms with Crippen LogP contribution in [0.4, 0.5) is 0 Å². The molecule has 0 atom stereocenters. The zero-order chi connectivity index (χ0) is 14.2. The van der Waals surface area contributed by atoms with Crippen LogP contribution in [0.5, 0.6) is 0 Å². The van der Waals surface area contributed by atoms with Crippen LogP contribution in [0.1, 0.15) is 77.6 Å². The van der Waals surface area contributed by atoms with E-state index in [1.54, 1.807) is 6.08 Å². The number of carbonyl (C=O) groups excluding carboxylic acids is 1. The number of hydrogen-bond donors (Lipinski definition) is 1. The lowest BCUT2D eigenvalue weighted by molar-refractivity contribution is -0.119. The van der Waals surface area contributed by atoms with Crippen LogP contribution >= 0.6 is 0 Å². The highest BCUT2D eigenvalue weighted by Crippen LogP contribution is 2.08. The van der Waals surface area contributed by atoms with E-state index in [0.29, 0.717) is 5.78 Å². The first-order valence-electron chi connectivity index (χ1n) is 7.77. The van der Waals surface area contributed by atoms with Crippen molar-refractivity contribution in [2.45, 2.75) is 77.6 Å². The van der Waals surface area contributed by atoms with Gasteiger partial charge in [0.05, 0.1) is 6.26 Å². The molecule has 0 unspecified atom stereocenters. The van der Waals surface area contributed by atoms with Gasteiger partial charge in [-0.2, -0.15) is 0 Å². The zero-order valence-electron chi connectivity index (χ0n) is 12.4. The normalized spacial score (nSPS) is 11.6. The first-order valence-corrected chi connectivity index (χ1v) is 7.77. The Morgan fingerprint density at radius 2 is 1.47 bits per heavy atom. The number of allylic oxidation sites excluding steroid dienone is 3. The fourth-order valence-electron chi connectivity index (χ4n) is 1.94. The van der Waals surface area contributed by atoms with Gasteiger partial charge in [-0.25, -0.2) is 0 Å². The fraction of sp³-hybridized carbons (Fsp3) is 0.706. The standard InChI is InChI=1S/C17H30O2/c1-2-3-14-17(19)15-12-10-8-6-4-5-7-9-11-13-16-18/h5,7,13,16,18H,2-4,6,8-12,14-15H2,1H3. The van der Waals surface area contributed by atoms with Crippen LogP contribution in [0.15, 0.2) is 24.5 Å². The zero-order valence-corrected chi connectivity index (χ0v) is 12.4. The molecule has 0 aliphatic carbocycles. The molecule has 19 heavy (non-hydrogen) atoms. The summed E-state index contributed by atoms with van der Waals surface area (Å²) in [5, 5.41) is 8.45. The fourth-order valence-corrected chi connectivity index (χ4v) is 1.94. The van der Waals surface area contributed by atoms with E-state index in [9.17, 15) is 4.79 Å². The third kappa shape index (κ3) is 14.9. The summed E-state index contributed by atoms with van der Waals surface area (Å²) in [7, 11) is 0. The predicted molar refractivity (Wildman–Crippen MR) is 82.4 cm³/mol. The smallest absolute Gasteiger partial charge is 0.132 e. The Morgan fingerprint density at radius 3 is 2.21 bits per heavy atom. The molecule has 0 aromatic heterocycles. The summed E-state index contributed by atoms with van der Waals surface area (Å²) in [4.78, 5) is 11.4. The molecule has 1 N–H and O–H groups in total. The number of rotatable bonds is 13. The molecule has 0 aliphatic rings. The van der Waals surface area contributed by atoms with Crippen molar-refractivity contribution in [1.29, 1.82) is 0 Å². The molecule has 0 aliphatic heterocycles. The highest BCUT2D eigenvalue weighted by atomic mass is 16.2. The summed E-state index contributed by atoms with van der Waals surface area (Å²) in [5.41, 5.74) is 0. The van der Waals surface area contributed by atoms with Crippen LogP contribution in [-0.2, 0) is 4.79 Å². The lowest BCUT2D eigenvalue weighted by Gasteiger charge is -2.00. The van der Waals surface area contributed by atoms with Gasteiger partial charge in [0.15, 0.2) is 0 Å². The van der Waals surface area contributed by atoms with Gasteiger partial charge in [0.2, 0.25) is 0 Å². The van der Waals surface area contributed by atoms with Crippen LogP contribution in [0.2, 0.25) is 0 Å². The second-order valence-electron chi connectivity index (χ2n) is 5.03. The molecular formula is C17H30O2. The lowest BCUT2D eigenvalue weighted by Crippen LogP contribution is -1.96. The highest BCUT2D eigenvalue weighted by Gasteiger charge is 2.00. The predicted octanol–water partition coefficient (Wildman–Crippen LogP) is 5.49. The van der Waals surface area contributed by atoms with Crippen LogP contribution in [0.25, 0.3) is 0 Å². The summed E-state index contributed by atoms with van der Waals surface area (Å²) in [5.74, 6) is 0.443. The van der Waals surface area contributed by atoms with E-state index < -0.39 is 0 Å². The molecule has 2 heteroatoms. The molecular weight excluding hydrogens is 236 g/mol. The molecule has 0 aromatic rings. The van der Waals surface area contributed by atoms with Crippen molar-refractivity contribution in [3.05, 3.63) is 24.5 Å². The maximum atomic E-state index is 11.4. The van der Waals surface area contributed by atoms with Gasteiger partial charge >= 0.3 is 0 Å². The van der Waals surface area contributed by atoms with Crippen molar-refractivity contribution >= 4 is 5.78 Å². The molecule has 0 aromatic carbocycles. The largest absolute Gasteiger partial charge is 0.516 e. The van der Waals surface area contributed by atoms with Crippen molar-refractivity contribution in [2.75, 3.05) is 0 Å². The third-order valence-electron chi connectivity index (χ3n) is 3.16. The maximum absolute atomic E-state index is 11.4. The van der Waals surface area contributed by atoms with Crippen LogP contribution in [0.3, 0.4) is 0 Å². The molecule has 110 valence electrons. The topological polar surface area (TPSA) is 37.3 Å². The molecule has 2 nitrogen and oxygen atoms in total. The third-order valence-corrected chi connectivity index (χ3v) is 3.16. The monoisotopic (exact) mass is 266 g/mol. The first kappa shape index (κ1) is 17.9. The number of Topliss-reactive ketones (excluding diaryl/α,β-unsaturated/α-hetero) is 1. The van der Waals surface area contributed by atoms with Crippen molar-refractivity contribution < 1.29 is 9.90 Å². The van der Waals surface area contributed by atoms with Crippen LogP contribution < -0.4 is 0 Å². The molecule has 0 rings (SSSR count). The van der Waals surface area contributed by atoms with Gasteiger partial charge in [0, 0.05) is 12.8 Å². The van der Waals surface area contributed by atoms with E-state index in [1.807, 2.05) is 0 Å². The van der Waals surface area contributed by atoms with Crippen molar-refractivity contribution in [3.8, 4) is 0 Å². The Balaban J connectivity index is 3.20. The Kier molecular flexibility index (Phi) is 14.2. The minimum atomic E-state index is 0.443. The number of aliphatic hydroxyl groups is 1. The van der Waals surface area contributed by atoms with E-state index >= 15 is 0 Å². The second kappa shape index (κ2) is 15.0. The molecule has 0 radical (unpaired) electrons. The number of carbonyl (C=O) groups is 1. The summed E-state index contributed by atoms with van der Waals surface area (Å²) >= 11 is 0. The van der Waals surface area contributed by atoms with Gasteiger partial charge < -0.3 is 5.11 Å². The lowest BCUT2D eigenvalue weighted by atomic mass is 10.1. The minimum absolute atomic E-state index is 0.443. The second-order valence-corrected chi connectivity index (χ2v) is 5.03. The van der Waals surface area contributed by atoms with Crippen molar-refractivity contribution in [3.63, 3.8) is 0 Å². The molecule has 0 saturated heterocycles. The van der Waals surface area contributed by atoms with E-state index in [4.69, 9.17) is 5.11 Å². The van der Waals surface area contributed by atoms with Gasteiger partial charge in [0.25, 0.3) is 0 Å². The Labute approximate surface area is 118 Å². The van der Waals surface area contributed by atoms with Gasteiger partial charge in [-0.1, -0.05) is 38.3 Å². The van der Waals surface area contributed by atoms with E-state index in [2.05, 4.69) is 19.1 Å². The van der Waals surface area contributed by atoms with Crippen LogP contribution in [-0.4, -0.2) is 10.9 Å². The molecule has 0 amide bonds. The average Bonchev–Trinajstić information content (AvgIpc) is 2.42. The Hall–Kier alpha value is -1.05. The molecule has 0 saturated carbocycles. The SMILES string of the molecule is CCCCC(=O)CCCCCCC=CCCC=CO. The van der Waals surface area contributed by atoms with Gasteiger partial charge in [-0.05, 0) is 44.6 Å². The molecule has 0 spiro atoms. The number of aliphatic hydroxyl groups excluding tert-OH is 1. The van der Waals surface area contributed by atoms with Gasteiger partial charge in [-0.15, -0.1) is 0 Å². The Bertz CT molecular complexity index is 254. The molecule has 0 bridgehead atoms. The summed E-state index contributed by atoms with van der Waals surface area (Å²) < 4.78 is 0. The van der Waals surface area contributed by atoms with E-state index in [1.165, 1.54) is 19.3 Å². The van der Waals surface area contributed by atoms with Gasteiger partial charge in [0.1, 0.15) is 5.78 Å². The van der Waals surface area contributed by atoms with E-state index in [0.717, 1.165) is 57.6 Å². The summed E-state index contributed by atoms with van der Waals surface area (Å²) in [6, 6.07) is 0. The summed E-state index contributed by atoms with van der Waals surface area (Å²) in [6.45, 7) is 2.13. The van der Waals surface area contributed by atoms with Crippen molar-refractivity contribution in [2.24, 2.45) is 0 Å². The average molecular weight is 266 g/mol. The first-order chi connectivity index (χ1) is 9.31. The minimum Gasteiger partial charge on any atom is -0.516 e. The quantitative estimate of drug-likeness (QED) is 0.272. The summed E-state index contributed by atoms with van der Waals surface area (Å²) in [6.07, 6.45) is 18.7. The van der Waals surface area contributed by atoms with Gasteiger partial charge in [-0.3, -0.25) is 4.79 Å². The number of unbranched alkanes of at least 4 members (excludes halogenated alkanes) is 6. The Morgan fingerprint density at radius 1 is 0.842 bits per heavy atom. The number of hydrogen-bond acceptors (Lipinski definition) is 2. The molecule has 0 fully saturated rings. The molecule has 0 heterocycles. The van der Waals surface area contributed by atoms with Crippen LogP contribution in [0, 0.1) is 0 Å².